The molecule has 2 rings (SSSR count). The molecule has 0 atom stereocenters. The van der Waals surface area contributed by atoms with E-state index in [4.69, 9.17) is 4.74 Å². The molecule has 0 fully saturated rings. The molecular formula is C19H18N2O5. The van der Waals surface area contributed by atoms with Crippen molar-refractivity contribution < 1.29 is 23.9 Å². The second-order valence-corrected chi connectivity index (χ2v) is 5.09. The predicted molar refractivity (Wildman–Crippen MR) is 95.6 cm³/mol. The SMILES string of the molecule is CCOC(=O)c1ccnc(NC(=O)/C=C/c2ccc(C(=O)OC)cc2)c1. The molecule has 0 saturated carbocycles. The molecule has 0 spiro atoms. The van der Waals surface area contributed by atoms with E-state index in [1.54, 1.807) is 37.3 Å². The monoisotopic (exact) mass is 354 g/mol. The molecular weight excluding hydrogens is 336 g/mol. The lowest BCUT2D eigenvalue weighted by Crippen LogP contribution is -2.11. The van der Waals surface area contributed by atoms with Gasteiger partial charge in [0.25, 0.3) is 0 Å². The van der Waals surface area contributed by atoms with Crippen LogP contribution in [0.15, 0.2) is 48.7 Å². The van der Waals surface area contributed by atoms with E-state index in [9.17, 15) is 14.4 Å². The average molecular weight is 354 g/mol. The molecule has 0 radical (unpaired) electrons. The quantitative estimate of drug-likeness (QED) is 0.633. The summed E-state index contributed by atoms with van der Waals surface area (Å²) in [6, 6.07) is 9.54. The molecule has 26 heavy (non-hydrogen) atoms. The first kappa shape index (κ1) is 18.9. The van der Waals surface area contributed by atoms with Gasteiger partial charge in [0, 0.05) is 12.3 Å². The number of ether oxygens (including phenoxy) is 2. The second kappa shape index (κ2) is 9.12. The van der Waals surface area contributed by atoms with Crippen molar-refractivity contribution >= 4 is 29.7 Å². The van der Waals surface area contributed by atoms with Gasteiger partial charge < -0.3 is 14.8 Å². The van der Waals surface area contributed by atoms with Crippen molar-refractivity contribution in [2.24, 2.45) is 0 Å². The van der Waals surface area contributed by atoms with E-state index < -0.39 is 17.8 Å². The summed E-state index contributed by atoms with van der Waals surface area (Å²) in [6.45, 7) is 1.98. The first-order valence-electron chi connectivity index (χ1n) is 7.84. The molecule has 1 aromatic carbocycles. The first-order valence-corrected chi connectivity index (χ1v) is 7.84. The van der Waals surface area contributed by atoms with Crippen molar-refractivity contribution in [3.63, 3.8) is 0 Å². The van der Waals surface area contributed by atoms with Gasteiger partial charge in [-0.25, -0.2) is 14.6 Å². The van der Waals surface area contributed by atoms with E-state index in [0.717, 1.165) is 5.56 Å². The lowest BCUT2D eigenvalue weighted by atomic mass is 10.1. The molecule has 0 bridgehead atoms. The van der Waals surface area contributed by atoms with Crippen molar-refractivity contribution in [2.45, 2.75) is 6.92 Å². The molecule has 7 heteroatoms. The minimum atomic E-state index is -0.480. The van der Waals surface area contributed by atoms with Gasteiger partial charge in [0.05, 0.1) is 24.8 Å². The summed E-state index contributed by atoms with van der Waals surface area (Å²) >= 11 is 0. The van der Waals surface area contributed by atoms with Crippen LogP contribution in [-0.2, 0) is 14.3 Å². The highest BCUT2D eigenvalue weighted by atomic mass is 16.5. The zero-order valence-corrected chi connectivity index (χ0v) is 14.4. The predicted octanol–water partition coefficient (Wildman–Crippen LogP) is 2.70. The van der Waals surface area contributed by atoms with Gasteiger partial charge in [-0.05, 0) is 42.8 Å². The smallest absolute Gasteiger partial charge is 0.338 e. The summed E-state index contributed by atoms with van der Waals surface area (Å²) in [5.74, 6) is -1.07. The standard InChI is InChI=1S/C19H18N2O5/c1-3-26-19(24)15-10-11-20-16(12-15)21-17(22)9-6-13-4-7-14(8-5-13)18(23)25-2/h4-12H,3H2,1-2H3,(H,20,21,22)/b9-6+. The fourth-order valence-electron chi connectivity index (χ4n) is 2.03. The number of methoxy groups -OCH3 is 1. The minimum Gasteiger partial charge on any atom is -0.465 e. The lowest BCUT2D eigenvalue weighted by Gasteiger charge is -2.04. The molecule has 7 nitrogen and oxygen atoms in total. The maximum Gasteiger partial charge on any atom is 0.338 e. The van der Waals surface area contributed by atoms with E-state index in [2.05, 4.69) is 15.0 Å². The fourth-order valence-corrected chi connectivity index (χ4v) is 2.03. The van der Waals surface area contributed by atoms with E-state index in [0.29, 0.717) is 11.1 Å². The number of hydrogen-bond donors (Lipinski definition) is 1. The Bertz CT molecular complexity index is 828. The van der Waals surface area contributed by atoms with E-state index in [1.807, 2.05) is 0 Å². The summed E-state index contributed by atoms with van der Waals surface area (Å²) in [6.07, 6.45) is 4.33. The van der Waals surface area contributed by atoms with Crippen LogP contribution in [0.3, 0.4) is 0 Å². The Morgan fingerprint density at radius 3 is 2.46 bits per heavy atom. The van der Waals surface area contributed by atoms with Gasteiger partial charge in [-0.1, -0.05) is 12.1 Å². The molecule has 2 aromatic rings. The van der Waals surface area contributed by atoms with Crippen molar-refractivity contribution in [1.29, 1.82) is 0 Å². The molecule has 0 aliphatic heterocycles. The number of carbonyl (C=O) groups excluding carboxylic acids is 3. The number of benzene rings is 1. The molecule has 0 aliphatic carbocycles. The molecule has 1 amide bonds. The highest BCUT2D eigenvalue weighted by Gasteiger charge is 2.08. The molecule has 134 valence electrons. The van der Waals surface area contributed by atoms with Crippen molar-refractivity contribution in [3.05, 3.63) is 65.4 Å². The summed E-state index contributed by atoms with van der Waals surface area (Å²) in [5, 5.41) is 2.57. The number of hydrogen-bond acceptors (Lipinski definition) is 6. The Morgan fingerprint density at radius 2 is 1.81 bits per heavy atom. The zero-order valence-electron chi connectivity index (χ0n) is 14.4. The summed E-state index contributed by atoms with van der Waals surface area (Å²) < 4.78 is 9.52. The number of aromatic nitrogens is 1. The van der Waals surface area contributed by atoms with Crippen LogP contribution in [-0.4, -0.2) is 36.5 Å². The van der Waals surface area contributed by atoms with Gasteiger partial charge in [-0.2, -0.15) is 0 Å². The topological polar surface area (TPSA) is 94.6 Å². The van der Waals surface area contributed by atoms with Crippen LogP contribution in [0.1, 0.15) is 33.2 Å². The van der Waals surface area contributed by atoms with Crippen LogP contribution >= 0.6 is 0 Å². The molecule has 1 N–H and O–H groups in total. The van der Waals surface area contributed by atoms with Crippen LogP contribution in [0.2, 0.25) is 0 Å². The maximum absolute atomic E-state index is 12.0. The zero-order chi connectivity index (χ0) is 18.9. The number of anilines is 1. The van der Waals surface area contributed by atoms with Crippen molar-refractivity contribution in [1.82, 2.24) is 4.98 Å². The minimum absolute atomic E-state index is 0.242. The third-order valence-corrected chi connectivity index (χ3v) is 3.28. The summed E-state index contributed by atoms with van der Waals surface area (Å²) in [7, 11) is 1.31. The molecule has 1 aromatic heterocycles. The van der Waals surface area contributed by atoms with Crippen LogP contribution in [0.4, 0.5) is 5.82 Å². The van der Waals surface area contributed by atoms with Gasteiger partial charge in [0.15, 0.2) is 0 Å². The molecule has 0 saturated heterocycles. The lowest BCUT2D eigenvalue weighted by molar-refractivity contribution is -0.111. The highest BCUT2D eigenvalue weighted by Crippen LogP contribution is 2.10. The molecule has 0 aliphatic rings. The number of amides is 1. The van der Waals surface area contributed by atoms with Gasteiger partial charge >= 0.3 is 11.9 Å². The van der Waals surface area contributed by atoms with Gasteiger partial charge in [-0.15, -0.1) is 0 Å². The third kappa shape index (κ3) is 5.27. The maximum atomic E-state index is 12.0. The van der Waals surface area contributed by atoms with Crippen LogP contribution in [0.25, 0.3) is 6.08 Å². The number of nitrogens with zero attached hydrogens (tertiary/aromatic N) is 1. The molecule has 1 heterocycles. The summed E-state index contributed by atoms with van der Waals surface area (Å²) in [5.41, 5.74) is 1.47. The van der Waals surface area contributed by atoms with Crippen LogP contribution in [0, 0.1) is 0 Å². The summed E-state index contributed by atoms with van der Waals surface area (Å²) in [4.78, 5) is 39.0. The van der Waals surface area contributed by atoms with Crippen LogP contribution in [0.5, 0.6) is 0 Å². The van der Waals surface area contributed by atoms with Crippen molar-refractivity contribution in [3.8, 4) is 0 Å². The first-order chi connectivity index (χ1) is 12.5. The van der Waals surface area contributed by atoms with Gasteiger partial charge in [0.2, 0.25) is 5.91 Å². The van der Waals surface area contributed by atoms with Crippen molar-refractivity contribution in [2.75, 3.05) is 19.0 Å². The Balaban J connectivity index is 2.00. The highest BCUT2D eigenvalue weighted by molar-refractivity contribution is 6.02. The number of rotatable bonds is 6. The Hall–Kier alpha value is -3.48. The van der Waals surface area contributed by atoms with E-state index >= 15 is 0 Å². The number of pyridine rings is 1. The van der Waals surface area contributed by atoms with Gasteiger partial charge in [-0.3, -0.25) is 4.79 Å². The van der Waals surface area contributed by atoms with E-state index in [1.165, 1.54) is 31.5 Å². The Morgan fingerprint density at radius 1 is 1.08 bits per heavy atom. The second-order valence-electron chi connectivity index (χ2n) is 5.09. The number of carbonyl (C=O) groups is 3. The third-order valence-electron chi connectivity index (χ3n) is 3.28. The van der Waals surface area contributed by atoms with Crippen LogP contribution < -0.4 is 5.32 Å². The number of esters is 2. The Labute approximate surface area is 150 Å². The van der Waals surface area contributed by atoms with Gasteiger partial charge in [0.1, 0.15) is 5.82 Å². The number of nitrogens with one attached hydrogen (secondary N) is 1. The Kier molecular flexibility index (Phi) is 6.61. The van der Waals surface area contributed by atoms with E-state index in [-0.39, 0.29) is 12.4 Å². The largest absolute Gasteiger partial charge is 0.465 e. The fraction of sp³-hybridized carbons (Fsp3) is 0.158. The molecule has 0 unspecified atom stereocenters. The normalized spacial score (nSPS) is 10.4. The average Bonchev–Trinajstić information content (AvgIpc) is 2.66.